The van der Waals surface area contributed by atoms with E-state index in [-0.39, 0.29) is 6.10 Å². The second-order valence-electron chi connectivity index (χ2n) is 6.31. The van der Waals surface area contributed by atoms with E-state index in [4.69, 9.17) is 4.74 Å². The van der Waals surface area contributed by atoms with Gasteiger partial charge in [0.15, 0.2) is 0 Å². The van der Waals surface area contributed by atoms with Crippen molar-refractivity contribution < 1.29 is 13.2 Å². The van der Waals surface area contributed by atoms with Crippen LogP contribution in [0.15, 0.2) is 29.2 Å². The highest BCUT2D eigenvalue weighted by Crippen LogP contribution is 2.25. The summed E-state index contributed by atoms with van der Waals surface area (Å²) in [6.07, 6.45) is 0.582. The van der Waals surface area contributed by atoms with Crippen LogP contribution in [0.2, 0.25) is 0 Å². The van der Waals surface area contributed by atoms with E-state index in [1.807, 2.05) is 18.2 Å². The molecule has 0 saturated heterocycles. The number of fused-ring (bicyclic) bond motifs is 1. The SMILES string of the molecule is Cc1nn(C)c(C)c1S(=O)(=O)N(C)CC1Cc2ccccc2CO1. The van der Waals surface area contributed by atoms with E-state index in [0.29, 0.717) is 29.4 Å². The van der Waals surface area contributed by atoms with Crippen LogP contribution in [-0.4, -0.2) is 42.2 Å². The summed E-state index contributed by atoms with van der Waals surface area (Å²) in [6, 6.07) is 8.13. The highest BCUT2D eigenvalue weighted by Gasteiger charge is 2.31. The van der Waals surface area contributed by atoms with Gasteiger partial charge in [-0.2, -0.15) is 9.40 Å². The summed E-state index contributed by atoms with van der Waals surface area (Å²) >= 11 is 0. The first-order valence-corrected chi connectivity index (χ1v) is 9.39. The molecule has 7 heteroatoms. The number of aromatic nitrogens is 2. The zero-order valence-electron chi connectivity index (χ0n) is 14.5. The first kappa shape index (κ1) is 17.1. The van der Waals surface area contributed by atoms with E-state index in [1.54, 1.807) is 32.6 Å². The number of sulfonamides is 1. The number of ether oxygens (including phenoxy) is 1. The lowest BCUT2D eigenvalue weighted by molar-refractivity contribution is 0.0202. The first-order valence-electron chi connectivity index (χ1n) is 7.95. The van der Waals surface area contributed by atoms with E-state index < -0.39 is 10.0 Å². The van der Waals surface area contributed by atoms with Crippen LogP contribution >= 0.6 is 0 Å². The Bertz CT molecular complexity index is 858. The fourth-order valence-electron chi connectivity index (χ4n) is 3.19. The Morgan fingerprint density at radius 2 is 1.96 bits per heavy atom. The maximum atomic E-state index is 12.9. The van der Waals surface area contributed by atoms with Crippen molar-refractivity contribution >= 4 is 10.0 Å². The number of hydrogen-bond acceptors (Lipinski definition) is 4. The Morgan fingerprint density at radius 3 is 2.58 bits per heavy atom. The molecule has 24 heavy (non-hydrogen) atoms. The molecule has 0 radical (unpaired) electrons. The van der Waals surface area contributed by atoms with Gasteiger partial charge in [0.1, 0.15) is 4.90 Å². The summed E-state index contributed by atoms with van der Waals surface area (Å²) in [6.45, 7) is 4.35. The Morgan fingerprint density at radius 1 is 1.29 bits per heavy atom. The molecule has 1 aromatic carbocycles. The molecule has 1 unspecified atom stereocenters. The molecule has 1 aliphatic heterocycles. The van der Waals surface area contributed by atoms with Gasteiger partial charge in [-0.15, -0.1) is 0 Å². The number of rotatable bonds is 4. The Kier molecular flexibility index (Phi) is 4.50. The molecular weight excluding hydrogens is 326 g/mol. The second kappa shape index (κ2) is 6.31. The highest BCUT2D eigenvalue weighted by atomic mass is 32.2. The average Bonchev–Trinajstić information content (AvgIpc) is 2.80. The lowest BCUT2D eigenvalue weighted by Gasteiger charge is -2.28. The third kappa shape index (κ3) is 2.99. The van der Waals surface area contributed by atoms with Crippen molar-refractivity contribution in [3.8, 4) is 0 Å². The third-order valence-corrected chi connectivity index (χ3v) is 6.69. The van der Waals surface area contributed by atoms with Crippen LogP contribution in [0, 0.1) is 13.8 Å². The molecule has 1 aromatic heterocycles. The van der Waals surface area contributed by atoms with Crippen LogP contribution in [0.5, 0.6) is 0 Å². The van der Waals surface area contributed by atoms with Crippen LogP contribution in [0.25, 0.3) is 0 Å². The molecule has 1 aliphatic rings. The van der Waals surface area contributed by atoms with Crippen molar-refractivity contribution in [1.29, 1.82) is 0 Å². The number of aryl methyl sites for hydroxylation is 2. The molecule has 0 fully saturated rings. The summed E-state index contributed by atoms with van der Waals surface area (Å²) in [5.74, 6) is 0. The molecule has 6 nitrogen and oxygen atoms in total. The van der Waals surface area contributed by atoms with E-state index in [0.717, 1.165) is 6.42 Å². The molecule has 0 N–H and O–H groups in total. The number of benzene rings is 1. The third-order valence-electron chi connectivity index (χ3n) is 4.61. The largest absolute Gasteiger partial charge is 0.372 e. The monoisotopic (exact) mass is 349 g/mol. The summed E-state index contributed by atoms with van der Waals surface area (Å²) in [5, 5.41) is 4.22. The highest BCUT2D eigenvalue weighted by molar-refractivity contribution is 7.89. The molecule has 1 atom stereocenters. The number of hydrogen-bond donors (Lipinski definition) is 0. The molecule has 2 heterocycles. The maximum Gasteiger partial charge on any atom is 0.246 e. The zero-order chi connectivity index (χ0) is 17.5. The van der Waals surface area contributed by atoms with E-state index >= 15 is 0 Å². The fourth-order valence-corrected chi connectivity index (χ4v) is 4.79. The van der Waals surface area contributed by atoms with Crippen molar-refractivity contribution in [1.82, 2.24) is 14.1 Å². The van der Waals surface area contributed by atoms with Crippen molar-refractivity contribution in [3.05, 3.63) is 46.8 Å². The van der Waals surface area contributed by atoms with Gasteiger partial charge in [-0.3, -0.25) is 4.68 Å². The second-order valence-corrected chi connectivity index (χ2v) is 8.30. The van der Waals surface area contributed by atoms with Crippen molar-refractivity contribution in [2.75, 3.05) is 13.6 Å². The van der Waals surface area contributed by atoms with E-state index in [9.17, 15) is 8.42 Å². The average molecular weight is 349 g/mol. The van der Waals surface area contributed by atoms with Gasteiger partial charge in [0.2, 0.25) is 10.0 Å². The topological polar surface area (TPSA) is 64.4 Å². The van der Waals surface area contributed by atoms with Crippen LogP contribution in [0.3, 0.4) is 0 Å². The molecule has 2 aromatic rings. The molecule has 130 valence electrons. The van der Waals surface area contributed by atoms with Crippen molar-refractivity contribution in [2.24, 2.45) is 7.05 Å². The van der Waals surface area contributed by atoms with Gasteiger partial charge in [0, 0.05) is 27.1 Å². The van der Waals surface area contributed by atoms with Crippen LogP contribution in [-0.2, 0) is 34.8 Å². The Hall–Kier alpha value is -1.70. The lowest BCUT2D eigenvalue weighted by atomic mass is 9.99. The summed E-state index contributed by atoms with van der Waals surface area (Å²) < 4.78 is 34.7. The van der Waals surface area contributed by atoms with Gasteiger partial charge >= 0.3 is 0 Å². The van der Waals surface area contributed by atoms with Gasteiger partial charge in [0.05, 0.1) is 24.1 Å². The van der Waals surface area contributed by atoms with E-state index in [2.05, 4.69) is 11.2 Å². The quantitative estimate of drug-likeness (QED) is 0.844. The predicted molar refractivity (Wildman–Crippen MR) is 91.2 cm³/mol. The minimum atomic E-state index is -3.59. The van der Waals surface area contributed by atoms with Gasteiger partial charge in [0.25, 0.3) is 0 Å². The summed E-state index contributed by atoms with van der Waals surface area (Å²) in [5.41, 5.74) is 3.58. The molecule has 0 aliphatic carbocycles. The molecule has 0 spiro atoms. The Labute approximate surface area is 143 Å². The maximum absolute atomic E-state index is 12.9. The van der Waals surface area contributed by atoms with Crippen LogP contribution in [0.4, 0.5) is 0 Å². The normalized spacial score (nSPS) is 18.0. The molecule has 0 amide bonds. The number of nitrogens with zero attached hydrogens (tertiary/aromatic N) is 3. The predicted octanol–water partition coefficient (Wildman–Crippen LogP) is 1.80. The minimum Gasteiger partial charge on any atom is -0.372 e. The fraction of sp³-hybridized carbons (Fsp3) is 0.471. The van der Waals surface area contributed by atoms with Crippen molar-refractivity contribution in [3.63, 3.8) is 0 Å². The summed E-state index contributed by atoms with van der Waals surface area (Å²) in [7, 11) is -0.231. The standard InChI is InChI=1S/C17H23N3O3S/c1-12-17(13(2)20(4)18-12)24(21,22)19(3)10-16-9-14-7-5-6-8-15(14)11-23-16/h5-8,16H,9-11H2,1-4H3. The first-order chi connectivity index (χ1) is 11.3. The molecular formula is C17H23N3O3S. The smallest absolute Gasteiger partial charge is 0.246 e. The minimum absolute atomic E-state index is 0.142. The van der Waals surface area contributed by atoms with E-state index in [1.165, 1.54) is 15.4 Å². The van der Waals surface area contributed by atoms with Gasteiger partial charge in [-0.25, -0.2) is 8.42 Å². The zero-order valence-corrected chi connectivity index (χ0v) is 15.3. The summed E-state index contributed by atoms with van der Waals surface area (Å²) in [4.78, 5) is 0.295. The van der Waals surface area contributed by atoms with Gasteiger partial charge < -0.3 is 4.74 Å². The van der Waals surface area contributed by atoms with Gasteiger partial charge in [-0.1, -0.05) is 24.3 Å². The number of likely N-dealkylation sites (N-methyl/N-ethyl adjacent to an activating group) is 1. The molecule has 3 rings (SSSR count). The van der Waals surface area contributed by atoms with Crippen molar-refractivity contribution in [2.45, 2.75) is 37.9 Å². The van der Waals surface area contributed by atoms with Gasteiger partial charge in [-0.05, 0) is 25.0 Å². The molecule has 0 saturated carbocycles. The van der Waals surface area contributed by atoms with Crippen LogP contribution < -0.4 is 0 Å². The lowest BCUT2D eigenvalue weighted by Crippen LogP contribution is -2.38. The Balaban J connectivity index is 1.79. The molecule has 0 bridgehead atoms. The van der Waals surface area contributed by atoms with Crippen LogP contribution in [0.1, 0.15) is 22.5 Å².